The quantitative estimate of drug-likeness (QED) is 0.689. The Morgan fingerprint density at radius 2 is 2.05 bits per heavy atom. The first-order chi connectivity index (χ1) is 8.97. The Morgan fingerprint density at radius 3 is 2.63 bits per heavy atom. The van der Waals surface area contributed by atoms with Crippen molar-refractivity contribution in [3.05, 3.63) is 0 Å². The van der Waals surface area contributed by atoms with Gasteiger partial charge in [-0.3, -0.25) is 9.59 Å². The summed E-state index contributed by atoms with van der Waals surface area (Å²) in [6.45, 7) is 6.40. The first-order valence-corrected chi connectivity index (χ1v) is 7.31. The van der Waals surface area contributed by atoms with E-state index in [1.807, 2.05) is 6.92 Å². The van der Waals surface area contributed by atoms with Gasteiger partial charge in [0.2, 0.25) is 11.8 Å². The van der Waals surface area contributed by atoms with E-state index in [4.69, 9.17) is 5.73 Å². The van der Waals surface area contributed by atoms with Crippen LogP contribution in [0.5, 0.6) is 0 Å². The molecular formula is C14H27N3O2. The number of nitrogens with two attached hydrogens (primary N) is 1. The molecular weight excluding hydrogens is 242 g/mol. The molecule has 4 unspecified atom stereocenters. The molecule has 0 aromatic carbocycles. The summed E-state index contributed by atoms with van der Waals surface area (Å²) < 4.78 is 0. The second kappa shape index (κ2) is 7.48. The lowest BCUT2D eigenvalue weighted by molar-refractivity contribution is -0.132. The molecule has 19 heavy (non-hydrogen) atoms. The van der Waals surface area contributed by atoms with Crippen LogP contribution in [0.25, 0.3) is 0 Å². The molecule has 5 heteroatoms. The van der Waals surface area contributed by atoms with Gasteiger partial charge in [-0.2, -0.15) is 0 Å². The van der Waals surface area contributed by atoms with Crippen molar-refractivity contribution in [3.63, 3.8) is 0 Å². The van der Waals surface area contributed by atoms with Crippen molar-refractivity contribution in [2.75, 3.05) is 6.54 Å². The van der Waals surface area contributed by atoms with E-state index in [9.17, 15) is 9.59 Å². The molecule has 0 aromatic heterocycles. The molecule has 4 atom stereocenters. The average Bonchev–Trinajstić information content (AvgIpc) is 2.35. The van der Waals surface area contributed by atoms with Crippen LogP contribution in [0.3, 0.4) is 0 Å². The third-order valence-electron chi connectivity index (χ3n) is 3.88. The first-order valence-electron chi connectivity index (χ1n) is 7.31. The third-order valence-corrected chi connectivity index (χ3v) is 3.88. The third kappa shape index (κ3) is 4.49. The topological polar surface area (TPSA) is 84.2 Å². The van der Waals surface area contributed by atoms with Crippen molar-refractivity contribution in [3.8, 4) is 0 Å². The Bertz CT molecular complexity index is 310. The number of carbonyl (C=O) groups excluding carboxylic acids is 2. The minimum Gasteiger partial charge on any atom is -0.354 e. The summed E-state index contributed by atoms with van der Waals surface area (Å²) in [7, 11) is 0. The average molecular weight is 269 g/mol. The van der Waals surface area contributed by atoms with Gasteiger partial charge in [-0.1, -0.05) is 20.3 Å². The van der Waals surface area contributed by atoms with Crippen LogP contribution in [-0.2, 0) is 9.59 Å². The summed E-state index contributed by atoms with van der Waals surface area (Å²) in [6.07, 6.45) is 3.89. The van der Waals surface area contributed by atoms with Gasteiger partial charge in [-0.15, -0.1) is 0 Å². The van der Waals surface area contributed by atoms with Crippen LogP contribution in [0.4, 0.5) is 0 Å². The fourth-order valence-electron chi connectivity index (χ4n) is 2.69. The van der Waals surface area contributed by atoms with Gasteiger partial charge in [0.25, 0.3) is 0 Å². The van der Waals surface area contributed by atoms with E-state index in [0.29, 0.717) is 6.54 Å². The minimum absolute atomic E-state index is 0.0844. The Morgan fingerprint density at radius 1 is 1.37 bits per heavy atom. The van der Waals surface area contributed by atoms with Gasteiger partial charge in [0.05, 0.1) is 5.92 Å². The summed E-state index contributed by atoms with van der Waals surface area (Å²) in [5.41, 5.74) is 6.04. The highest BCUT2D eigenvalue weighted by Crippen LogP contribution is 2.29. The van der Waals surface area contributed by atoms with Gasteiger partial charge < -0.3 is 16.4 Å². The smallest absolute Gasteiger partial charge is 0.242 e. The molecule has 1 aliphatic rings. The van der Waals surface area contributed by atoms with Gasteiger partial charge in [0.1, 0.15) is 6.04 Å². The Hall–Kier alpha value is -1.10. The zero-order valence-electron chi connectivity index (χ0n) is 12.2. The number of rotatable bonds is 5. The monoisotopic (exact) mass is 269 g/mol. The molecule has 1 aliphatic carbocycles. The molecule has 2 amide bonds. The molecule has 0 aromatic rings. The highest BCUT2D eigenvalue weighted by Gasteiger charge is 2.34. The Balaban J connectivity index is 2.50. The number of amides is 2. The molecule has 1 saturated carbocycles. The predicted octanol–water partition coefficient (Wildman–Crippen LogP) is 0.781. The van der Waals surface area contributed by atoms with E-state index in [2.05, 4.69) is 17.6 Å². The molecule has 0 heterocycles. The van der Waals surface area contributed by atoms with Crippen molar-refractivity contribution >= 4 is 11.8 Å². The summed E-state index contributed by atoms with van der Waals surface area (Å²) in [4.78, 5) is 24.0. The van der Waals surface area contributed by atoms with Crippen LogP contribution in [0.2, 0.25) is 0 Å². The summed E-state index contributed by atoms with van der Waals surface area (Å²) in [5.74, 6) is -0.101. The van der Waals surface area contributed by atoms with Crippen molar-refractivity contribution in [2.45, 2.75) is 58.5 Å². The number of nitrogens with one attached hydrogen (secondary N) is 2. The fraction of sp³-hybridized carbons (Fsp3) is 0.857. The lowest BCUT2D eigenvalue weighted by atomic mass is 9.76. The SMILES string of the molecule is CCCNC(=O)C(C)NC(=O)C1C(C)CCCC1N. The standard InChI is InChI=1S/C14H27N3O2/c1-4-8-16-13(18)10(3)17-14(19)12-9(2)6-5-7-11(12)15/h9-12H,4-8,15H2,1-3H3,(H,16,18)(H,17,19). The maximum absolute atomic E-state index is 12.2. The van der Waals surface area contributed by atoms with E-state index < -0.39 is 6.04 Å². The Kier molecular flexibility index (Phi) is 6.28. The number of hydrogen-bond acceptors (Lipinski definition) is 3. The molecule has 0 saturated heterocycles. The zero-order chi connectivity index (χ0) is 14.4. The Labute approximate surface area is 115 Å². The number of hydrogen-bond donors (Lipinski definition) is 3. The molecule has 0 radical (unpaired) electrons. The van der Waals surface area contributed by atoms with E-state index in [1.54, 1.807) is 6.92 Å². The lowest BCUT2D eigenvalue weighted by Gasteiger charge is -2.33. The maximum atomic E-state index is 12.2. The highest BCUT2D eigenvalue weighted by atomic mass is 16.2. The van der Waals surface area contributed by atoms with Crippen LogP contribution in [0.1, 0.15) is 46.5 Å². The molecule has 0 aliphatic heterocycles. The van der Waals surface area contributed by atoms with Crippen molar-refractivity contribution < 1.29 is 9.59 Å². The first kappa shape index (κ1) is 16.0. The van der Waals surface area contributed by atoms with Crippen molar-refractivity contribution in [1.82, 2.24) is 10.6 Å². The molecule has 4 N–H and O–H groups in total. The summed E-state index contributed by atoms with van der Waals surface area (Å²) in [6, 6.07) is -0.588. The van der Waals surface area contributed by atoms with Crippen molar-refractivity contribution in [1.29, 1.82) is 0 Å². The van der Waals surface area contributed by atoms with Crippen molar-refractivity contribution in [2.24, 2.45) is 17.6 Å². The van der Waals surface area contributed by atoms with Gasteiger partial charge in [0, 0.05) is 12.6 Å². The van der Waals surface area contributed by atoms with E-state index in [0.717, 1.165) is 25.7 Å². The van der Waals surface area contributed by atoms with E-state index in [-0.39, 0.29) is 29.7 Å². The normalized spacial score (nSPS) is 28.5. The van der Waals surface area contributed by atoms with Gasteiger partial charge in [0.15, 0.2) is 0 Å². The summed E-state index contributed by atoms with van der Waals surface area (Å²) >= 11 is 0. The van der Waals surface area contributed by atoms with Gasteiger partial charge >= 0.3 is 0 Å². The molecule has 1 fully saturated rings. The highest BCUT2D eigenvalue weighted by molar-refractivity contribution is 5.88. The van der Waals surface area contributed by atoms with Crippen LogP contribution >= 0.6 is 0 Å². The molecule has 1 rings (SSSR count). The number of carbonyl (C=O) groups is 2. The van der Waals surface area contributed by atoms with Gasteiger partial charge in [-0.25, -0.2) is 0 Å². The predicted molar refractivity (Wildman–Crippen MR) is 75.4 cm³/mol. The second-order valence-corrected chi connectivity index (χ2v) is 5.62. The van der Waals surface area contributed by atoms with E-state index >= 15 is 0 Å². The maximum Gasteiger partial charge on any atom is 0.242 e. The van der Waals surface area contributed by atoms with Crippen LogP contribution in [-0.4, -0.2) is 30.4 Å². The molecule has 5 nitrogen and oxygen atoms in total. The fourth-order valence-corrected chi connectivity index (χ4v) is 2.69. The molecule has 110 valence electrons. The lowest BCUT2D eigenvalue weighted by Crippen LogP contribution is -2.52. The van der Waals surface area contributed by atoms with Crippen LogP contribution in [0, 0.1) is 11.8 Å². The molecule has 0 spiro atoms. The minimum atomic E-state index is -0.500. The second-order valence-electron chi connectivity index (χ2n) is 5.62. The summed E-state index contributed by atoms with van der Waals surface area (Å²) in [5, 5.41) is 5.57. The molecule has 0 bridgehead atoms. The van der Waals surface area contributed by atoms with E-state index in [1.165, 1.54) is 0 Å². The zero-order valence-corrected chi connectivity index (χ0v) is 12.2. The van der Waals surface area contributed by atoms with Gasteiger partial charge in [-0.05, 0) is 32.1 Å². The van der Waals surface area contributed by atoms with Crippen LogP contribution < -0.4 is 16.4 Å². The largest absolute Gasteiger partial charge is 0.354 e. The van der Waals surface area contributed by atoms with Crippen LogP contribution in [0.15, 0.2) is 0 Å².